The highest BCUT2D eigenvalue weighted by atomic mass is 32.2. The Balaban J connectivity index is 1.68. The second kappa shape index (κ2) is 7.84. The van der Waals surface area contributed by atoms with Gasteiger partial charge in [-0.3, -0.25) is 0 Å². The van der Waals surface area contributed by atoms with Crippen molar-refractivity contribution in [3.05, 3.63) is 65.7 Å². The van der Waals surface area contributed by atoms with Crippen molar-refractivity contribution < 1.29 is 13.2 Å². The van der Waals surface area contributed by atoms with Crippen LogP contribution in [0.25, 0.3) is 0 Å². The SMILES string of the molecule is CCC(C)NS(=O)(=O)c1ccc2c(c1)C1C=CCC1C(c1ccc(OC)cc1)N2. The molecule has 2 aromatic carbocycles. The van der Waals surface area contributed by atoms with Crippen molar-refractivity contribution in [2.45, 2.75) is 49.6 Å². The number of sulfonamides is 1. The number of fused-ring (bicyclic) bond motifs is 3. The number of anilines is 1. The molecule has 0 fully saturated rings. The van der Waals surface area contributed by atoms with Gasteiger partial charge in [0.2, 0.25) is 10.0 Å². The molecule has 2 aromatic rings. The number of hydrogen-bond acceptors (Lipinski definition) is 4. The second-order valence-electron chi connectivity index (χ2n) is 7.93. The fourth-order valence-electron chi connectivity index (χ4n) is 4.30. The van der Waals surface area contributed by atoms with Crippen molar-refractivity contribution in [2.24, 2.45) is 5.92 Å². The average Bonchev–Trinajstić information content (AvgIpc) is 3.22. The summed E-state index contributed by atoms with van der Waals surface area (Å²) in [5.41, 5.74) is 3.27. The molecule has 2 N–H and O–H groups in total. The highest BCUT2D eigenvalue weighted by Crippen LogP contribution is 2.50. The van der Waals surface area contributed by atoms with Gasteiger partial charge < -0.3 is 10.1 Å². The van der Waals surface area contributed by atoms with Gasteiger partial charge in [-0.2, -0.15) is 0 Å². The van der Waals surface area contributed by atoms with Crippen LogP contribution in [-0.4, -0.2) is 21.6 Å². The highest BCUT2D eigenvalue weighted by molar-refractivity contribution is 7.89. The van der Waals surface area contributed by atoms with Crippen molar-refractivity contribution in [2.75, 3.05) is 12.4 Å². The van der Waals surface area contributed by atoms with Crippen LogP contribution in [0.3, 0.4) is 0 Å². The van der Waals surface area contributed by atoms with Gasteiger partial charge >= 0.3 is 0 Å². The average molecular weight is 413 g/mol. The van der Waals surface area contributed by atoms with Crippen LogP contribution in [-0.2, 0) is 10.0 Å². The molecule has 4 rings (SSSR count). The first-order chi connectivity index (χ1) is 13.9. The monoisotopic (exact) mass is 412 g/mol. The maximum atomic E-state index is 12.8. The predicted molar refractivity (Wildman–Crippen MR) is 116 cm³/mol. The highest BCUT2D eigenvalue weighted by Gasteiger charge is 2.38. The summed E-state index contributed by atoms with van der Waals surface area (Å²) in [7, 11) is -1.85. The van der Waals surface area contributed by atoms with Crippen molar-refractivity contribution >= 4 is 15.7 Å². The summed E-state index contributed by atoms with van der Waals surface area (Å²) in [6.45, 7) is 3.85. The van der Waals surface area contributed by atoms with Gasteiger partial charge in [0, 0.05) is 17.6 Å². The molecular weight excluding hydrogens is 384 g/mol. The Morgan fingerprint density at radius 2 is 1.97 bits per heavy atom. The Labute approximate surface area is 173 Å². The third-order valence-corrected chi connectivity index (χ3v) is 7.68. The number of benzene rings is 2. The molecule has 1 aliphatic heterocycles. The largest absolute Gasteiger partial charge is 0.497 e. The molecule has 0 saturated heterocycles. The quantitative estimate of drug-likeness (QED) is 0.681. The van der Waals surface area contributed by atoms with E-state index < -0.39 is 10.0 Å². The Morgan fingerprint density at radius 3 is 2.66 bits per heavy atom. The van der Waals surface area contributed by atoms with Crippen molar-refractivity contribution in [1.29, 1.82) is 0 Å². The van der Waals surface area contributed by atoms with Crippen LogP contribution < -0.4 is 14.8 Å². The Kier molecular flexibility index (Phi) is 5.40. The molecule has 4 unspecified atom stereocenters. The van der Waals surface area contributed by atoms with Crippen LogP contribution in [0.2, 0.25) is 0 Å². The lowest BCUT2D eigenvalue weighted by Gasteiger charge is -2.37. The minimum absolute atomic E-state index is 0.0901. The van der Waals surface area contributed by atoms with Crippen LogP contribution in [0.5, 0.6) is 5.75 Å². The Hall–Kier alpha value is -2.31. The van der Waals surface area contributed by atoms with Gasteiger partial charge in [0.1, 0.15) is 5.75 Å². The van der Waals surface area contributed by atoms with Gasteiger partial charge in [0.15, 0.2) is 0 Å². The summed E-state index contributed by atoms with van der Waals surface area (Å²) in [6, 6.07) is 13.7. The zero-order valence-corrected chi connectivity index (χ0v) is 17.9. The van der Waals surface area contributed by atoms with Crippen LogP contribution in [0.1, 0.15) is 49.8 Å². The van der Waals surface area contributed by atoms with E-state index in [1.807, 2.05) is 38.1 Å². The first-order valence-corrected chi connectivity index (χ1v) is 11.6. The fraction of sp³-hybridized carbons (Fsp3) is 0.391. The van der Waals surface area contributed by atoms with E-state index in [1.54, 1.807) is 13.2 Å². The first-order valence-electron chi connectivity index (χ1n) is 10.2. The van der Waals surface area contributed by atoms with Crippen molar-refractivity contribution in [3.8, 4) is 5.75 Å². The lowest BCUT2D eigenvalue weighted by Crippen LogP contribution is -2.33. The topological polar surface area (TPSA) is 67.4 Å². The summed E-state index contributed by atoms with van der Waals surface area (Å²) in [4.78, 5) is 0.334. The molecule has 6 heteroatoms. The normalized spacial score (nSPS) is 23.8. The molecule has 0 aromatic heterocycles. The molecule has 0 bridgehead atoms. The minimum atomic E-state index is -3.52. The molecule has 0 saturated carbocycles. The number of rotatable bonds is 6. The third kappa shape index (κ3) is 3.79. The lowest BCUT2D eigenvalue weighted by atomic mass is 9.77. The molecule has 0 radical (unpaired) electrons. The van der Waals surface area contributed by atoms with Crippen LogP contribution in [0.15, 0.2) is 59.5 Å². The molecule has 154 valence electrons. The molecule has 1 heterocycles. The smallest absolute Gasteiger partial charge is 0.240 e. The second-order valence-corrected chi connectivity index (χ2v) is 9.64. The molecule has 2 aliphatic rings. The summed E-state index contributed by atoms with van der Waals surface area (Å²) < 4.78 is 33.6. The van der Waals surface area contributed by atoms with E-state index in [1.165, 1.54) is 5.56 Å². The maximum Gasteiger partial charge on any atom is 0.240 e. The fourth-order valence-corrected chi connectivity index (χ4v) is 5.66. The number of hydrogen-bond donors (Lipinski definition) is 2. The summed E-state index contributed by atoms with van der Waals surface area (Å²) in [5.74, 6) is 1.41. The van der Waals surface area contributed by atoms with E-state index in [-0.39, 0.29) is 18.0 Å². The van der Waals surface area contributed by atoms with E-state index in [4.69, 9.17) is 4.74 Å². The third-order valence-electron chi connectivity index (χ3n) is 6.09. The standard InChI is InChI=1S/C23H28N2O3S/c1-4-15(2)25-29(26,27)18-12-13-22-21(14-18)19-6-5-7-20(19)23(24-22)16-8-10-17(28-3)11-9-16/h5-6,8-15,19-20,23-25H,4,7H2,1-3H3. The van der Waals surface area contributed by atoms with Gasteiger partial charge in [0.25, 0.3) is 0 Å². The van der Waals surface area contributed by atoms with Gasteiger partial charge in [0.05, 0.1) is 18.0 Å². The summed E-state index contributed by atoms with van der Waals surface area (Å²) in [6.07, 6.45) is 6.15. The van der Waals surface area contributed by atoms with E-state index in [9.17, 15) is 8.42 Å². The van der Waals surface area contributed by atoms with Gasteiger partial charge in [-0.05, 0) is 67.1 Å². The molecule has 4 atom stereocenters. The van der Waals surface area contributed by atoms with E-state index >= 15 is 0 Å². The van der Waals surface area contributed by atoms with Gasteiger partial charge in [-0.15, -0.1) is 0 Å². The van der Waals surface area contributed by atoms with E-state index in [0.717, 1.165) is 29.8 Å². The number of ether oxygens (including phenoxy) is 1. The molecule has 0 spiro atoms. The zero-order chi connectivity index (χ0) is 20.6. The lowest BCUT2D eigenvalue weighted by molar-refractivity contribution is 0.411. The summed E-state index contributed by atoms with van der Waals surface area (Å²) >= 11 is 0. The Morgan fingerprint density at radius 1 is 1.21 bits per heavy atom. The number of nitrogens with one attached hydrogen (secondary N) is 2. The van der Waals surface area contributed by atoms with E-state index in [0.29, 0.717) is 10.8 Å². The van der Waals surface area contributed by atoms with E-state index in [2.05, 4.69) is 34.3 Å². The minimum Gasteiger partial charge on any atom is -0.497 e. The Bertz CT molecular complexity index is 1010. The molecule has 5 nitrogen and oxygen atoms in total. The number of allylic oxidation sites excluding steroid dienone is 2. The molecule has 29 heavy (non-hydrogen) atoms. The first kappa shape index (κ1) is 20.0. The molecular formula is C23H28N2O3S. The van der Waals surface area contributed by atoms with Gasteiger partial charge in [-0.1, -0.05) is 31.2 Å². The molecule has 0 amide bonds. The maximum absolute atomic E-state index is 12.8. The predicted octanol–water partition coefficient (Wildman–Crippen LogP) is 4.60. The molecule has 1 aliphatic carbocycles. The van der Waals surface area contributed by atoms with Crippen molar-refractivity contribution in [3.63, 3.8) is 0 Å². The van der Waals surface area contributed by atoms with Crippen LogP contribution >= 0.6 is 0 Å². The summed E-state index contributed by atoms with van der Waals surface area (Å²) in [5, 5.41) is 3.66. The van der Waals surface area contributed by atoms with Crippen molar-refractivity contribution in [1.82, 2.24) is 4.72 Å². The van der Waals surface area contributed by atoms with Gasteiger partial charge in [-0.25, -0.2) is 13.1 Å². The van der Waals surface area contributed by atoms with Crippen LogP contribution in [0.4, 0.5) is 5.69 Å². The zero-order valence-electron chi connectivity index (χ0n) is 17.1. The van der Waals surface area contributed by atoms with Crippen LogP contribution in [0, 0.1) is 5.92 Å². The number of methoxy groups -OCH3 is 1.